The third-order valence-electron chi connectivity index (χ3n) is 3.71. The largest absolute Gasteiger partial charge is 0.451 e. The van der Waals surface area contributed by atoms with Crippen molar-refractivity contribution in [1.29, 1.82) is 0 Å². The fourth-order valence-electron chi connectivity index (χ4n) is 2.40. The average molecular weight is 237 g/mol. The van der Waals surface area contributed by atoms with Crippen LogP contribution in [-0.4, -0.2) is 4.98 Å². The molecule has 0 spiro atoms. The summed E-state index contributed by atoms with van der Waals surface area (Å²) >= 11 is 0. The van der Waals surface area contributed by atoms with Gasteiger partial charge in [-0.05, 0) is 12.8 Å². The van der Waals surface area contributed by atoms with E-state index in [1.54, 1.807) is 6.39 Å². The lowest BCUT2D eigenvalue weighted by atomic mass is 9.77. The lowest BCUT2D eigenvalue weighted by Crippen LogP contribution is -2.22. The molecule has 1 heterocycles. The Morgan fingerprint density at radius 3 is 2.35 bits per heavy atom. The van der Waals surface area contributed by atoms with Crippen LogP contribution in [0.3, 0.4) is 0 Å². The van der Waals surface area contributed by atoms with Gasteiger partial charge in [-0.2, -0.15) is 0 Å². The summed E-state index contributed by atoms with van der Waals surface area (Å²) in [7, 11) is 0. The molecule has 2 heteroatoms. The normalized spacial score (nSPS) is 14.8. The molecule has 0 fully saturated rings. The van der Waals surface area contributed by atoms with E-state index in [-0.39, 0.29) is 5.41 Å². The second kappa shape index (κ2) is 7.52. The Kier molecular flexibility index (Phi) is 6.31. The number of hydrogen-bond acceptors (Lipinski definition) is 2. The SMILES string of the molecule is CCCCCCC(C)(CCCC)c1cocn1. The fraction of sp³-hybridized carbons (Fsp3) is 0.800. The van der Waals surface area contributed by atoms with Gasteiger partial charge in [-0.25, -0.2) is 4.98 Å². The van der Waals surface area contributed by atoms with Crippen LogP contribution in [0.15, 0.2) is 17.1 Å². The molecule has 0 N–H and O–H groups in total. The number of aromatic nitrogens is 1. The zero-order valence-electron chi connectivity index (χ0n) is 11.7. The predicted octanol–water partition coefficient (Wildman–Crippen LogP) is 5.09. The first-order valence-electron chi connectivity index (χ1n) is 7.11. The zero-order chi connectivity index (χ0) is 12.6. The second-order valence-electron chi connectivity index (χ2n) is 5.35. The molecular weight excluding hydrogens is 210 g/mol. The molecule has 0 aliphatic carbocycles. The van der Waals surface area contributed by atoms with Gasteiger partial charge in [0.25, 0.3) is 0 Å². The maximum absolute atomic E-state index is 5.16. The van der Waals surface area contributed by atoms with Gasteiger partial charge in [0, 0.05) is 5.41 Å². The molecule has 1 unspecified atom stereocenters. The van der Waals surface area contributed by atoms with Crippen LogP contribution in [0.4, 0.5) is 0 Å². The van der Waals surface area contributed by atoms with Crippen LogP contribution in [0, 0.1) is 0 Å². The number of nitrogens with zero attached hydrogens (tertiary/aromatic N) is 1. The number of oxazole rings is 1. The van der Waals surface area contributed by atoms with Crippen molar-refractivity contribution < 1.29 is 4.42 Å². The van der Waals surface area contributed by atoms with E-state index < -0.39 is 0 Å². The fourth-order valence-corrected chi connectivity index (χ4v) is 2.40. The van der Waals surface area contributed by atoms with E-state index >= 15 is 0 Å². The molecule has 1 rings (SSSR count). The Labute approximate surface area is 106 Å². The van der Waals surface area contributed by atoms with E-state index in [1.165, 1.54) is 51.4 Å². The number of hydrogen-bond donors (Lipinski definition) is 0. The molecule has 2 nitrogen and oxygen atoms in total. The summed E-state index contributed by atoms with van der Waals surface area (Å²) in [4.78, 5) is 4.37. The van der Waals surface area contributed by atoms with Gasteiger partial charge >= 0.3 is 0 Å². The summed E-state index contributed by atoms with van der Waals surface area (Å²) in [6, 6.07) is 0. The summed E-state index contributed by atoms with van der Waals surface area (Å²) in [5.41, 5.74) is 1.36. The first-order chi connectivity index (χ1) is 8.23. The van der Waals surface area contributed by atoms with Crippen molar-refractivity contribution in [2.75, 3.05) is 0 Å². The van der Waals surface area contributed by atoms with E-state index in [0.29, 0.717) is 0 Å². The molecule has 17 heavy (non-hydrogen) atoms. The Morgan fingerprint density at radius 2 is 1.76 bits per heavy atom. The average Bonchev–Trinajstić information content (AvgIpc) is 2.86. The van der Waals surface area contributed by atoms with Gasteiger partial charge in [0.05, 0.1) is 5.69 Å². The molecule has 0 amide bonds. The van der Waals surface area contributed by atoms with Crippen LogP contribution in [0.1, 0.15) is 77.8 Å². The summed E-state index contributed by atoms with van der Waals surface area (Å²) < 4.78 is 5.16. The van der Waals surface area contributed by atoms with Crippen LogP contribution in [0.25, 0.3) is 0 Å². The van der Waals surface area contributed by atoms with Gasteiger partial charge in [0.1, 0.15) is 6.26 Å². The molecule has 98 valence electrons. The maximum atomic E-state index is 5.16. The van der Waals surface area contributed by atoms with Gasteiger partial charge in [0.15, 0.2) is 6.39 Å². The first-order valence-corrected chi connectivity index (χ1v) is 7.11. The van der Waals surface area contributed by atoms with Crippen molar-refractivity contribution >= 4 is 0 Å². The minimum atomic E-state index is 0.219. The molecule has 0 aliphatic heterocycles. The predicted molar refractivity (Wildman–Crippen MR) is 72.1 cm³/mol. The van der Waals surface area contributed by atoms with Gasteiger partial charge < -0.3 is 4.42 Å². The zero-order valence-corrected chi connectivity index (χ0v) is 11.7. The monoisotopic (exact) mass is 237 g/mol. The minimum absolute atomic E-state index is 0.219. The highest BCUT2D eigenvalue weighted by Crippen LogP contribution is 2.34. The Balaban J connectivity index is 2.53. The highest BCUT2D eigenvalue weighted by atomic mass is 16.3. The molecule has 0 saturated carbocycles. The molecule has 0 radical (unpaired) electrons. The summed E-state index contributed by atoms with van der Waals surface area (Å²) in [5, 5.41) is 0. The molecule has 0 bridgehead atoms. The molecule has 0 aliphatic rings. The Bertz CT molecular complexity index is 281. The van der Waals surface area contributed by atoms with Crippen LogP contribution >= 0.6 is 0 Å². The third-order valence-corrected chi connectivity index (χ3v) is 3.71. The second-order valence-corrected chi connectivity index (χ2v) is 5.35. The van der Waals surface area contributed by atoms with Crippen LogP contribution in [0.2, 0.25) is 0 Å². The van der Waals surface area contributed by atoms with E-state index in [2.05, 4.69) is 25.8 Å². The van der Waals surface area contributed by atoms with Gasteiger partial charge in [-0.1, -0.05) is 59.3 Å². The highest BCUT2D eigenvalue weighted by Gasteiger charge is 2.27. The molecular formula is C15H27NO. The van der Waals surface area contributed by atoms with Crippen molar-refractivity contribution in [3.63, 3.8) is 0 Å². The topological polar surface area (TPSA) is 26.0 Å². The Morgan fingerprint density at radius 1 is 1.06 bits per heavy atom. The summed E-state index contributed by atoms with van der Waals surface area (Å²) in [6.45, 7) is 6.85. The van der Waals surface area contributed by atoms with Crippen LogP contribution in [0.5, 0.6) is 0 Å². The highest BCUT2D eigenvalue weighted by molar-refractivity contribution is 5.09. The summed E-state index contributed by atoms with van der Waals surface area (Å²) in [6.07, 6.45) is 13.7. The maximum Gasteiger partial charge on any atom is 0.180 e. The summed E-state index contributed by atoms with van der Waals surface area (Å²) in [5.74, 6) is 0. The molecule has 1 aromatic heterocycles. The first kappa shape index (κ1) is 14.3. The number of rotatable bonds is 9. The Hall–Kier alpha value is -0.790. The smallest absolute Gasteiger partial charge is 0.180 e. The van der Waals surface area contributed by atoms with Crippen molar-refractivity contribution in [3.8, 4) is 0 Å². The quantitative estimate of drug-likeness (QED) is 0.559. The molecule has 0 aromatic carbocycles. The van der Waals surface area contributed by atoms with Gasteiger partial charge in [-0.15, -0.1) is 0 Å². The minimum Gasteiger partial charge on any atom is -0.451 e. The van der Waals surface area contributed by atoms with E-state index in [9.17, 15) is 0 Å². The lowest BCUT2D eigenvalue weighted by molar-refractivity contribution is 0.359. The van der Waals surface area contributed by atoms with Crippen LogP contribution in [-0.2, 0) is 5.41 Å². The van der Waals surface area contributed by atoms with E-state index in [0.717, 1.165) is 5.69 Å². The third kappa shape index (κ3) is 4.53. The molecule has 1 aromatic rings. The van der Waals surface area contributed by atoms with Gasteiger partial charge in [-0.3, -0.25) is 0 Å². The van der Waals surface area contributed by atoms with Crippen molar-refractivity contribution in [2.45, 2.75) is 77.6 Å². The van der Waals surface area contributed by atoms with Crippen molar-refractivity contribution in [1.82, 2.24) is 4.98 Å². The number of unbranched alkanes of at least 4 members (excludes halogenated alkanes) is 4. The van der Waals surface area contributed by atoms with Crippen molar-refractivity contribution in [2.24, 2.45) is 0 Å². The van der Waals surface area contributed by atoms with E-state index in [1.807, 2.05) is 6.26 Å². The molecule has 0 saturated heterocycles. The van der Waals surface area contributed by atoms with Crippen LogP contribution < -0.4 is 0 Å². The standard InChI is InChI=1S/C15H27NO/c1-4-6-8-9-11-15(3,10-7-5-2)14-12-17-13-16-14/h12-13H,4-11H2,1-3H3. The molecule has 1 atom stereocenters. The van der Waals surface area contributed by atoms with E-state index in [4.69, 9.17) is 4.42 Å². The van der Waals surface area contributed by atoms with Crippen molar-refractivity contribution in [3.05, 3.63) is 18.4 Å². The lowest BCUT2D eigenvalue weighted by Gasteiger charge is -2.27. The van der Waals surface area contributed by atoms with Gasteiger partial charge in [0.2, 0.25) is 0 Å².